The van der Waals surface area contributed by atoms with Gasteiger partial charge in [0.25, 0.3) is 0 Å². The number of nitrogens with zero attached hydrogens (tertiary/aromatic N) is 1. The Kier molecular flexibility index (Phi) is 7.93. The Morgan fingerprint density at radius 2 is 1.88 bits per heavy atom. The molecule has 4 heteroatoms. The molecule has 0 saturated carbocycles. The van der Waals surface area contributed by atoms with Crippen molar-refractivity contribution >= 4 is 0 Å². The standard InChI is InChI=1S/C12H28N2O2/c1-5-6-12(7-9-13-4)14(15,16)10-8-11(2)3/h11-13,15H,5-10H2,1-4H3. The summed E-state index contributed by atoms with van der Waals surface area (Å²) in [6.07, 6.45) is 3.25. The van der Waals surface area contributed by atoms with Crippen LogP contribution < -0.4 is 5.32 Å². The van der Waals surface area contributed by atoms with Gasteiger partial charge in [0.05, 0.1) is 0 Å². The van der Waals surface area contributed by atoms with Crippen molar-refractivity contribution in [2.24, 2.45) is 5.92 Å². The van der Waals surface area contributed by atoms with E-state index in [4.69, 9.17) is 0 Å². The molecule has 4 nitrogen and oxygen atoms in total. The summed E-state index contributed by atoms with van der Waals surface area (Å²) in [4.78, 5) is -1.06. The molecule has 16 heavy (non-hydrogen) atoms. The predicted molar refractivity (Wildman–Crippen MR) is 67.0 cm³/mol. The van der Waals surface area contributed by atoms with E-state index < -0.39 is 4.81 Å². The Morgan fingerprint density at radius 1 is 1.25 bits per heavy atom. The van der Waals surface area contributed by atoms with Gasteiger partial charge in [-0.25, -0.2) is 10.0 Å². The summed E-state index contributed by atoms with van der Waals surface area (Å²) in [7, 11) is 1.87. The van der Waals surface area contributed by atoms with Crippen molar-refractivity contribution in [3.05, 3.63) is 5.21 Å². The molecular formula is C12H28N2O2. The largest absolute Gasteiger partial charge is 0.598 e. The molecule has 0 aliphatic rings. The summed E-state index contributed by atoms with van der Waals surface area (Å²) in [5, 5.41) is 25.0. The van der Waals surface area contributed by atoms with E-state index in [1.807, 2.05) is 7.05 Å². The maximum Gasteiger partial charge on any atom is 0.120 e. The normalized spacial score (nSPS) is 17.4. The lowest BCUT2D eigenvalue weighted by atomic mass is 10.1. The van der Waals surface area contributed by atoms with Crippen LogP contribution in [-0.2, 0) is 0 Å². The fraction of sp³-hybridized carbons (Fsp3) is 1.00. The minimum absolute atomic E-state index is 0.184. The number of hydroxylamine groups is 4. The van der Waals surface area contributed by atoms with E-state index in [0.717, 1.165) is 32.2 Å². The summed E-state index contributed by atoms with van der Waals surface area (Å²) in [5.41, 5.74) is 0. The minimum atomic E-state index is -1.06. The lowest BCUT2D eigenvalue weighted by molar-refractivity contribution is -1.08. The first kappa shape index (κ1) is 15.8. The molecule has 0 aromatic carbocycles. The quantitative estimate of drug-likeness (QED) is 0.474. The molecule has 2 N–H and O–H groups in total. The maximum absolute atomic E-state index is 12.1. The predicted octanol–water partition coefficient (Wildman–Crippen LogP) is 2.51. The van der Waals surface area contributed by atoms with Crippen molar-refractivity contribution in [1.82, 2.24) is 5.32 Å². The van der Waals surface area contributed by atoms with Gasteiger partial charge in [-0.3, -0.25) is 0 Å². The van der Waals surface area contributed by atoms with E-state index in [0.29, 0.717) is 12.5 Å². The first-order valence-corrected chi connectivity index (χ1v) is 6.40. The molecule has 0 aliphatic carbocycles. The van der Waals surface area contributed by atoms with Crippen molar-refractivity contribution in [3.63, 3.8) is 0 Å². The van der Waals surface area contributed by atoms with E-state index in [9.17, 15) is 10.4 Å². The van der Waals surface area contributed by atoms with Crippen LogP contribution in [0.5, 0.6) is 0 Å². The van der Waals surface area contributed by atoms with Crippen molar-refractivity contribution in [1.29, 1.82) is 0 Å². The average Bonchev–Trinajstić information content (AvgIpc) is 2.21. The van der Waals surface area contributed by atoms with E-state index in [-0.39, 0.29) is 6.04 Å². The summed E-state index contributed by atoms with van der Waals surface area (Å²) in [6, 6.07) is -0.184. The SMILES string of the molecule is CCCC(CCNC)[N+]([O-])(O)CCC(C)C. The molecule has 0 bridgehead atoms. The second-order valence-corrected chi connectivity index (χ2v) is 5.00. The summed E-state index contributed by atoms with van der Waals surface area (Å²) >= 11 is 0. The Morgan fingerprint density at radius 3 is 2.31 bits per heavy atom. The molecular weight excluding hydrogens is 204 g/mol. The van der Waals surface area contributed by atoms with Gasteiger partial charge in [-0.2, -0.15) is 0 Å². The molecule has 98 valence electrons. The van der Waals surface area contributed by atoms with E-state index in [2.05, 4.69) is 26.1 Å². The van der Waals surface area contributed by atoms with Crippen LogP contribution in [-0.4, -0.2) is 36.2 Å². The molecule has 0 aliphatic heterocycles. The number of nitrogens with one attached hydrogen (secondary N) is 1. The summed E-state index contributed by atoms with van der Waals surface area (Å²) < 4.78 is 0. The van der Waals surface area contributed by atoms with Gasteiger partial charge in [-0.05, 0) is 13.0 Å². The third-order valence-electron chi connectivity index (χ3n) is 2.95. The van der Waals surface area contributed by atoms with Crippen LogP contribution in [0.3, 0.4) is 0 Å². The topological polar surface area (TPSA) is 55.3 Å². The van der Waals surface area contributed by atoms with Gasteiger partial charge >= 0.3 is 0 Å². The van der Waals surface area contributed by atoms with Crippen molar-refractivity contribution in [2.45, 2.75) is 52.5 Å². The monoisotopic (exact) mass is 232 g/mol. The first-order valence-electron chi connectivity index (χ1n) is 6.40. The molecule has 0 amide bonds. The van der Waals surface area contributed by atoms with E-state index in [1.54, 1.807) is 0 Å². The zero-order valence-electron chi connectivity index (χ0n) is 11.2. The lowest BCUT2D eigenvalue weighted by Gasteiger charge is -2.41. The van der Waals surface area contributed by atoms with Gasteiger partial charge < -0.3 is 10.5 Å². The Hall–Kier alpha value is -0.160. The van der Waals surface area contributed by atoms with Gasteiger partial charge in [0, 0.05) is 25.8 Å². The average molecular weight is 232 g/mol. The molecule has 0 radical (unpaired) electrons. The second kappa shape index (κ2) is 8.01. The molecule has 0 heterocycles. The molecule has 0 fully saturated rings. The molecule has 2 unspecified atom stereocenters. The molecule has 0 aromatic heterocycles. The minimum Gasteiger partial charge on any atom is -0.598 e. The van der Waals surface area contributed by atoms with Crippen LogP contribution in [0.15, 0.2) is 0 Å². The highest BCUT2D eigenvalue weighted by Gasteiger charge is 2.26. The van der Waals surface area contributed by atoms with Crippen LogP contribution in [0.25, 0.3) is 0 Å². The maximum atomic E-state index is 12.1. The number of quaternary nitrogens is 1. The lowest BCUT2D eigenvalue weighted by Crippen LogP contribution is -2.49. The fourth-order valence-corrected chi connectivity index (χ4v) is 1.82. The van der Waals surface area contributed by atoms with Crippen molar-refractivity contribution < 1.29 is 10.0 Å². The first-order chi connectivity index (χ1) is 7.44. The summed E-state index contributed by atoms with van der Waals surface area (Å²) in [5.74, 6) is 0.463. The molecule has 0 spiro atoms. The van der Waals surface area contributed by atoms with Crippen molar-refractivity contribution in [3.8, 4) is 0 Å². The highest BCUT2D eigenvalue weighted by Crippen LogP contribution is 2.19. The van der Waals surface area contributed by atoms with E-state index >= 15 is 0 Å². The highest BCUT2D eigenvalue weighted by molar-refractivity contribution is 4.60. The Balaban J connectivity index is 4.23. The second-order valence-electron chi connectivity index (χ2n) is 5.00. The van der Waals surface area contributed by atoms with Crippen LogP contribution in [0.2, 0.25) is 0 Å². The van der Waals surface area contributed by atoms with Crippen LogP contribution >= 0.6 is 0 Å². The number of hydrogen-bond acceptors (Lipinski definition) is 3. The Bertz CT molecular complexity index is 172. The molecule has 0 rings (SSSR count). The van der Waals surface area contributed by atoms with Crippen LogP contribution in [0.1, 0.15) is 46.5 Å². The van der Waals surface area contributed by atoms with Crippen LogP contribution in [0.4, 0.5) is 0 Å². The van der Waals surface area contributed by atoms with Crippen molar-refractivity contribution in [2.75, 3.05) is 20.1 Å². The van der Waals surface area contributed by atoms with Gasteiger partial charge in [-0.15, -0.1) is 0 Å². The van der Waals surface area contributed by atoms with Gasteiger partial charge in [0.15, 0.2) is 0 Å². The molecule has 0 saturated heterocycles. The highest BCUT2D eigenvalue weighted by atomic mass is 16.8. The van der Waals surface area contributed by atoms with E-state index in [1.165, 1.54) is 0 Å². The zero-order chi connectivity index (χ0) is 12.6. The van der Waals surface area contributed by atoms with Gasteiger partial charge in [0.1, 0.15) is 12.6 Å². The number of hydrogen-bond donors (Lipinski definition) is 2. The van der Waals surface area contributed by atoms with Crippen LogP contribution in [0, 0.1) is 11.1 Å². The van der Waals surface area contributed by atoms with Gasteiger partial charge in [0.2, 0.25) is 0 Å². The zero-order valence-corrected chi connectivity index (χ0v) is 11.2. The van der Waals surface area contributed by atoms with Gasteiger partial charge in [-0.1, -0.05) is 27.2 Å². The number of rotatable bonds is 9. The Labute approximate surface area is 99.8 Å². The fourth-order valence-electron chi connectivity index (χ4n) is 1.82. The summed E-state index contributed by atoms with van der Waals surface area (Å²) in [6.45, 7) is 7.29. The molecule has 0 aromatic rings. The smallest absolute Gasteiger partial charge is 0.120 e. The third-order valence-corrected chi connectivity index (χ3v) is 2.95. The molecule has 2 atom stereocenters. The third kappa shape index (κ3) is 6.43.